The van der Waals surface area contributed by atoms with Gasteiger partial charge in [0, 0.05) is 17.8 Å². The normalized spacial score (nSPS) is 10.6. The van der Waals surface area contributed by atoms with Crippen LogP contribution in [0, 0.1) is 5.41 Å². The highest BCUT2D eigenvalue weighted by molar-refractivity contribution is 6.34. The van der Waals surface area contributed by atoms with Crippen LogP contribution < -0.4 is 21.1 Å². The zero-order valence-electron chi connectivity index (χ0n) is 16.3. The average Bonchev–Trinajstić information content (AvgIpc) is 2.55. The van der Waals surface area contributed by atoms with Crippen LogP contribution in [0.2, 0.25) is 5.02 Å². The fourth-order valence-electron chi connectivity index (χ4n) is 2.47. The van der Waals surface area contributed by atoms with Crippen molar-refractivity contribution in [3.05, 3.63) is 47.0 Å². The van der Waals surface area contributed by atoms with Gasteiger partial charge in [-0.2, -0.15) is 0 Å². The summed E-state index contributed by atoms with van der Waals surface area (Å²) in [5.41, 5.74) is 7.40. The maximum Gasteiger partial charge on any atom is 0.257 e. The molecule has 6 nitrogen and oxygen atoms in total. The summed E-state index contributed by atoms with van der Waals surface area (Å²) < 4.78 is 5.10. The molecular formula is C20H25Cl2N3O3. The number of benzene rings is 2. The van der Waals surface area contributed by atoms with E-state index in [-0.39, 0.29) is 34.3 Å². The van der Waals surface area contributed by atoms with Crippen LogP contribution in [0.3, 0.4) is 0 Å². The molecule has 0 aliphatic carbocycles. The Kier molecular flexibility index (Phi) is 8.14. The number of halogens is 2. The Morgan fingerprint density at radius 2 is 1.68 bits per heavy atom. The van der Waals surface area contributed by atoms with Crippen molar-refractivity contribution >= 4 is 52.9 Å². The van der Waals surface area contributed by atoms with E-state index < -0.39 is 5.91 Å². The van der Waals surface area contributed by atoms with Crippen LogP contribution in [0.1, 0.15) is 37.6 Å². The number of anilines is 3. The van der Waals surface area contributed by atoms with Gasteiger partial charge in [0.05, 0.1) is 23.4 Å². The molecule has 28 heavy (non-hydrogen) atoms. The van der Waals surface area contributed by atoms with E-state index in [1.165, 1.54) is 7.11 Å². The van der Waals surface area contributed by atoms with Gasteiger partial charge in [-0.3, -0.25) is 9.59 Å². The van der Waals surface area contributed by atoms with Crippen molar-refractivity contribution in [3.63, 3.8) is 0 Å². The Morgan fingerprint density at radius 3 is 2.25 bits per heavy atom. The van der Waals surface area contributed by atoms with Crippen LogP contribution >= 0.6 is 24.0 Å². The fourth-order valence-corrected chi connectivity index (χ4v) is 2.68. The van der Waals surface area contributed by atoms with Gasteiger partial charge in [-0.25, -0.2) is 0 Å². The molecule has 8 heteroatoms. The van der Waals surface area contributed by atoms with Crippen LogP contribution in [0.4, 0.5) is 17.1 Å². The minimum atomic E-state index is -0.406. The van der Waals surface area contributed by atoms with E-state index in [0.29, 0.717) is 29.2 Å². The zero-order chi connectivity index (χ0) is 20.2. The first kappa shape index (κ1) is 23.6. The third kappa shape index (κ3) is 6.62. The molecule has 0 aliphatic rings. The summed E-state index contributed by atoms with van der Waals surface area (Å²) >= 11 is 6.16. The number of amides is 2. The quantitative estimate of drug-likeness (QED) is 0.588. The van der Waals surface area contributed by atoms with Crippen molar-refractivity contribution in [1.82, 2.24) is 0 Å². The summed E-state index contributed by atoms with van der Waals surface area (Å²) in [5.74, 6) is -0.00909. The van der Waals surface area contributed by atoms with Crippen molar-refractivity contribution in [3.8, 4) is 5.75 Å². The molecule has 152 valence electrons. The summed E-state index contributed by atoms with van der Waals surface area (Å²) in [7, 11) is 1.52. The molecule has 4 N–H and O–H groups in total. The second kappa shape index (κ2) is 9.66. The molecule has 2 rings (SSSR count). The molecule has 0 bridgehead atoms. The van der Waals surface area contributed by atoms with Crippen LogP contribution in [0.5, 0.6) is 5.75 Å². The van der Waals surface area contributed by atoms with Gasteiger partial charge in [-0.05, 0) is 41.8 Å². The topological polar surface area (TPSA) is 93.5 Å². The van der Waals surface area contributed by atoms with Gasteiger partial charge in [0.1, 0.15) is 5.75 Å². The maximum atomic E-state index is 12.6. The third-order valence-electron chi connectivity index (χ3n) is 3.67. The summed E-state index contributed by atoms with van der Waals surface area (Å²) in [5, 5.41) is 5.81. The standard InChI is InChI=1S/C20H24ClN3O3.ClH/c1-20(2,3)11-18(25)23-12-5-7-15(21)14(9-12)19(26)24-13-6-8-17(27-4)16(22)10-13;/h5-10H,11,22H2,1-4H3,(H,23,25)(H,24,26);1H. The van der Waals surface area contributed by atoms with E-state index >= 15 is 0 Å². The van der Waals surface area contributed by atoms with E-state index in [2.05, 4.69) is 10.6 Å². The molecule has 0 unspecified atom stereocenters. The maximum absolute atomic E-state index is 12.6. The molecule has 0 aliphatic heterocycles. The second-order valence-corrected chi connectivity index (χ2v) is 7.80. The molecule has 0 fully saturated rings. The molecule has 2 aromatic carbocycles. The lowest BCUT2D eigenvalue weighted by atomic mass is 9.92. The van der Waals surface area contributed by atoms with Gasteiger partial charge in [0.15, 0.2) is 0 Å². The van der Waals surface area contributed by atoms with Gasteiger partial charge >= 0.3 is 0 Å². The minimum absolute atomic E-state index is 0. The van der Waals surface area contributed by atoms with Crippen LogP contribution in [-0.4, -0.2) is 18.9 Å². The number of nitrogen functional groups attached to an aromatic ring is 1. The Hall–Kier alpha value is -2.44. The number of methoxy groups -OCH3 is 1. The highest BCUT2D eigenvalue weighted by Crippen LogP contribution is 2.27. The molecule has 0 heterocycles. The fraction of sp³-hybridized carbons (Fsp3) is 0.300. The molecule has 0 atom stereocenters. The Bertz CT molecular complexity index is 864. The number of nitrogens with two attached hydrogens (primary N) is 1. The number of nitrogens with one attached hydrogen (secondary N) is 2. The summed E-state index contributed by atoms with van der Waals surface area (Å²) in [6.07, 6.45) is 0.363. The van der Waals surface area contributed by atoms with Gasteiger partial charge in [-0.1, -0.05) is 32.4 Å². The molecule has 0 saturated heterocycles. The van der Waals surface area contributed by atoms with Gasteiger partial charge in [-0.15, -0.1) is 12.4 Å². The number of carbonyl (C=O) groups excluding carboxylic acids is 2. The number of carbonyl (C=O) groups is 2. The van der Waals surface area contributed by atoms with Gasteiger partial charge < -0.3 is 21.1 Å². The summed E-state index contributed by atoms with van der Waals surface area (Å²) in [6, 6.07) is 9.72. The first-order chi connectivity index (χ1) is 12.6. The van der Waals surface area contributed by atoms with E-state index in [0.717, 1.165) is 0 Å². The van der Waals surface area contributed by atoms with Crippen LogP contribution in [0.25, 0.3) is 0 Å². The van der Waals surface area contributed by atoms with Gasteiger partial charge in [0.25, 0.3) is 5.91 Å². The average molecular weight is 426 g/mol. The number of ether oxygens (including phenoxy) is 1. The molecule has 0 saturated carbocycles. The van der Waals surface area contributed by atoms with E-state index in [1.54, 1.807) is 36.4 Å². The highest BCUT2D eigenvalue weighted by atomic mass is 35.5. The molecule has 2 amide bonds. The zero-order valence-corrected chi connectivity index (χ0v) is 17.8. The lowest BCUT2D eigenvalue weighted by molar-refractivity contribution is -0.117. The van der Waals surface area contributed by atoms with Crippen LogP contribution in [0.15, 0.2) is 36.4 Å². The minimum Gasteiger partial charge on any atom is -0.495 e. The number of hydrogen-bond donors (Lipinski definition) is 3. The smallest absolute Gasteiger partial charge is 0.257 e. The molecular weight excluding hydrogens is 401 g/mol. The molecule has 0 aromatic heterocycles. The lowest BCUT2D eigenvalue weighted by Crippen LogP contribution is -2.20. The number of rotatable bonds is 5. The monoisotopic (exact) mass is 425 g/mol. The molecule has 0 radical (unpaired) electrons. The van der Waals surface area contributed by atoms with Crippen molar-refractivity contribution < 1.29 is 14.3 Å². The largest absolute Gasteiger partial charge is 0.495 e. The first-order valence-electron chi connectivity index (χ1n) is 8.43. The Morgan fingerprint density at radius 1 is 1.07 bits per heavy atom. The summed E-state index contributed by atoms with van der Waals surface area (Å²) in [6.45, 7) is 5.94. The van der Waals surface area contributed by atoms with Crippen molar-refractivity contribution in [2.45, 2.75) is 27.2 Å². The van der Waals surface area contributed by atoms with Gasteiger partial charge in [0.2, 0.25) is 5.91 Å². The Balaban J connectivity index is 0.00000392. The predicted molar refractivity (Wildman–Crippen MR) is 117 cm³/mol. The van der Waals surface area contributed by atoms with E-state index in [1.807, 2.05) is 20.8 Å². The third-order valence-corrected chi connectivity index (χ3v) is 4.00. The second-order valence-electron chi connectivity index (χ2n) is 7.39. The predicted octanol–water partition coefficient (Wildman–Crippen LogP) is 4.98. The van der Waals surface area contributed by atoms with E-state index in [4.69, 9.17) is 22.1 Å². The van der Waals surface area contributed by atoms with Crippen LogP contribution in [-0.2, 0) is 4.79 Å². The summed E-state index contributed by atoms with van der Waals surface area (Å²) in [4.78, 5) is 24.7. The number of hydrogen-bond acceptors (Lipinski definition) is 4. The Labute approximate surface area is 176 Å². The SMILES string of the molecule is COc1ccc(NC(=O)c2cc(NC(=O)CC(C)(C)C)ccc2Cl)cc1N.Cl. The highest BCUT2D eigenvalue weighted by Gasteiger charge is 2.17. The van der Waals surface area contributed by atoms with Crippen molar-refractivity contribution in [1.29, 1.82) is 0 Å². The lowest BCUT2D eigenvalue weighted by Gasteiger charge is -2.17. The first-order valence-corrected chi connectivity index (χ1v) is 8.81. The molecule has 2 aromatic rings. The van der Waals surface area contributed by atoms with Crippen molar-refractivity contribution in [2.24, 2.45) is 5.41 Å². The van der Waals surface area contributed by atoms with Crippen molar-refractivity contribution in [2.75, 3.05) is 23.5 Å². The molecule has 0 spiro atoms. The van der Waals surface area contributed by atoms with E-state index in [9.17, 15) is 9.59 Å².